The Morgan fingerprint density at radius 3 is 2.74 bits per heavy atom. The number of sulfone groups is 1. The first kappa shape index (κ1) is 14.9. The molecule has 1 aromatic carbocycles. The van der Waals surface area contributed by atoms with Crippen molar-refractivity contribution in [3.05, 3.63) is 64.6 Å². The summed E-state index contributed by atoms with van der Waals surface area (Å²) in [6, 6.07) is 9.17. The van der Waals surface area contributed by atoms with Gasteiger partial charge in [-0.15, -0.1) is 0 Å². The van der Waals surface area contributed by atoms with Crippen LogP contribution in [0.4, 0.5) is 0 Å². The molecule has 1 saturated heterocycles. The summed E-state index contributed by atoms with van der Waals surface area (Å²) >= 11 is 0. The first-order valence-electron chi connectivity index (χ1n) is 8.06. The number of benzene rings is 1. The Kier molecular flexibility index (Phi) is 3.71. The van der Waals surface area contributed by atoms with E-state index in [0.717, 1.165) is 31.5 Å². The van der Waals surface area contributed by atoms with Crippen LogP contribution in [0, 0.1) is 0 Å². The van der Waals surface area contributed by atoms with Crippen LogP contribution in [0.2, 0.25) is 0 Å². The molecule has 23 heavy (non-hydrogen) atoms. The van der Waals surface area contributed by atoms with Crippen molar-refractivity contribution in [3.8, 4) is 0 Å². The minimum Gasteiger partial charge on any atom is -0.316 e. The maximum Gasteiger partial charge on any atom is 0.206 e. The van der Waals surface area contributed by atoms with Crippen LogP contribution in [0.1, 0.15) is 12.8 Å². The molecule has 120 valence electrons. The Labute approximate surface area is 136 Å². The molecule has 0 saturated carbocycles. The normalized spacial score (nSPS) is 27.2. The number of fused-ring (bicyclic) bond motifs is 2. The Morgan fingerprint density at radius 2 is 1.91 bits per heavy atom. The molecule has 4 rings (SSSR count). The summed E-state index contributed by atoms with van der Waals surface area (Å²) in [5, 5.41) is 7.01. The molecule has 2 heterocycles. The van der Waals surface area contributed by atoms with Crippen LogP contribution in [-0.2, 0) is 9.84 Å². The van der Waals surface area contributed by atoms with Gasteiger partial charge in [0.25, 0.3) is 0 Å². The zero-order valence-electron chi connectivity index (χ0n) is 12.8. The number of nitrogens with one attached hydrogen (secondary N) is 2. The molecule has 0 amide bonds. The van der Waals surface area contributed by atoms with E-state index in [4.69, 9.17) is 0 Å². The fraction of sp³-hybridized carbons (Fsp3) is 0.333. The molecule has 1 aliphatic carbocycles. The highest BCUT2D eigenvalue weighted by atomic mass is 32.2. The van der Waals surface area contributed by atoms with Crippen LogP contribution in [0.25, 0.3) is 0 Å². The van der Waals surface area contributed by atoms with E-state index in [0.29, 0.717) is 15.8 Å². The SMILES string of the molecule is O=S(=O)(C1=CC2=C3CCNCCC3NC2C=C1)c1ccccc1. The monoisotopic (exact) mass is 328 g/mol. The van der Waals surface area contributed by atoms with Crippen LogP contribution >= 0.6 is 0 Å². The summed E-state index contributed by atoms with van der Waals surface area (Å²) in [4.78, 5) is 0.743. The molecule has 2 atom stereocenters. The summed E-state index contributed by atoms with van der Waals surface area (Å²) < 4.78 is 25.7. The van der Waals surface area contributed by atoms with E-state index >= 15 is 0 Å². The first-order valence-corrected chi connectivity index (χ1v) is 9.54. The summed E-state index contributed by atoms with van der Waals surface area (Å²) in [7, 11) is -3.45. The lowest BCUT2D eigenvalue weighted by Crippen LogP contribution is -2.33. The Morgan fingerprint density at radius 1 is 1.09 bits per heavy atom. The summed E-state index contributed by atoms with van der Waals surface area (Å²) in [5.74, 6) is 0. The fourth-order valence-electron chi connectivity index (χ4n) is 3.62. The van der Waals surface area contributed by atoms with Crippen LogP contribution in [-0.4, -0.2) is 33.6 Å². The fourth-order valence-corrected chi connectivity index (χ4v) is 4.94. The molecular weight excluding hydrogens is 308 g/mol. The van der Waals surface area contributed by atoms with Gasteiger partial charge in [0, 0.05) is 6.04 Å². The van der Waals surface area contributed by atoms with Crippen molar-refractivity contribution >= 4 is 9.84 Å². The van der Waals surface area contributed by atoms with Gasteiger partial charge in [0.2, 0.25) is 9.84 Å². The average Bonchev–Trinajstić information content (AvgIpc) is 2.76. The van der Waals surface area contributed by atoms with Gasteiger partial charge < -0.3 is 10.6 Å². The number of hydrogen-bond acceptors (Lipinski definition) is 4. The van der Waals surface area contributed by atoms with E-state index in [1.807, 2.05) is 18.2 Å². The molecule has 2 unspecified atom stereocenters. The Balaban J connectivity index is 1.76. The third-order valence-corrected chi connectivity index (χ3v) is 6.57. The predicted molar refractivity (Wildman–Crippen MR) is 90.7 cm³/mol. The van der Waals surface area contributed by atoms with E-state index < -0.39 is 9.84 Å². The van der Waals surface area contributed by atoms with Crippen molar-refractivity contribution in [2.75, 3.05) is 13.1 Å². The largest absolute Gasteiger partial charge is 0.316 e. The smallest absolute Gasteiger partial charge is 0.206 e. The van der Waals surface area contributed by atoms with Crippen molar-refractivity contribution in [2.45, 2.75) is 29.8 Å². The Bertz CT molecular complexity index is 807. The van der Waals surface area contributed by atoms with Gasteiger partial charge in [-0.05, 0) is 61.4 Å². The minimum atomic E-state index is -3.45. The quantitative estimate of drug-likeness (QED) is 0.871. The highest BCUT2D eigenvalue weighted by molar-refractivity contribution is 7.95. The van der Waals surface area contributed by atoms with Gasteiger partial charge in [0.05, 0.1) is 15.8 Å². The predicted octanol–water partition coefficient (Wildman–Crippen LogP) is 1.93. The molecule has 5 heteroatoms. The second-order valence-corrected chi connectivity index (χ2v) is 8.14. The summed E-state index contributed by atoms with van der Waals surface area (Å²) in [5.41, 5.74) is 2.51. The van der Waals surface area contributed by atoms with Crippen molar-refractivity contribution in [2.24, 2.45) is 0 Å². The molecule has 1 aromatic rings. The van der Waals surface area contributed by atoms with Crippen LogP contribution in [0.15, 0.2) is 69.5 Å². The zero-order valence-corrected chi connectivity index (χ0v) is 13.6. The lowest BCUT2D eigenvalue weighted by Gasteiger charge is -2.17. The van der Waals surface area contributed by atoms with Crippen LogP contribution in [0.5, 0.6) is 0 Å². The molecule has 0 spiro atoms. The van der Waals surface area contributed by atoms with Gasteiger partial charge in [-0.1, -0.05) is 24.3 Å². The molecule has 0 radical (unpaired) electrons. The third-order valence-electron chi connectivity index (χ3n) is 4.80. The van der Waals surface area contributed by atoms with Crippen molar-refractivity contribution in [3.63, 3.8) is 0 Å². The minimum absolute atomic E-state index is 0.155. The van der Waals surface area contributed by atoms with Gasteiger partial charge in [-0.25, -0.2) is 8.42 Å². The molecule has 0 bridgehead atoms. The lowest BCUT2D eigenvalue weighted by molar-refractivity contribution is 0.559. The molecule has 1 fully saturated rings. The van der Waals surface area contributed by atoms with E-state index in [9.17, 15) is 8.42 Å². The summed E-state index contributed by atoms with van der Waals surface area (Å²) in [6.07, 6.45) is 7.64. The standard InChI is InChI=1S/C18H20N2O2S/c21-23(22,13-4-2-1-3-5-13)14-6-7-17-16(12-14)15-8-10-19-11-9-18(15)20-17/h1-7,12,17-20H,8-11H2. The second-order valence-electron chi connectivity index (χ2n) is 6.19. The number of rotatable bonds is 2. The molecule has 0 aromatic heterocycles. The highest BCUT2D eigenvalue weighted by Gasteiger charge is 2.34. The van der Waals surface area contributed by atoms with Crippen molar-refractivity contribution in [1.82, 2.24) is 10.6 Å². The van der Waals surface area contributed by atoms with Crippen LogP contribution < -0.4 is 10.6 Å². The number of hydrogen-bond donors (Lipinski definition) is 2. The van der Waals surface area contributed by atoms with Gasteiger partial charge in [-0.2, -0.15) is 0 Å². The molecule has 2 aliphatic heterocycles. The van der Waals surface area contributed by atoms with Crippen LogP contribution in [0.3, 0.4) is 0 Å². The lowest BCUT2D eigenvalue weighted by atomic mass is 9.96. The molecule has 3 aliphatic rings. The summed E-state index contributed by atoms with van der Waals surface area (Å²) in [6.45, 7) is 1.96. The Hall–Kier alpha value is -1.69. The van der Waals surface area contributed by atoms with E-state index in [1.165, 1.54) is 5.57 Å². The highest BCUT2D eigenvalue weighted by Crippen LogP contribution is 2.34. The maximum atomic E-state index is 12.8. The topological polar surface area (TPSA) is 58.2 Å². The van der Waals surface area contributed by atoms with E-state index in [2.05, 4.69) is 10.6 Å². The average molecular weight is 328 g/mol. The van der Waals surface area contributed by atoms with Crippen molar-refractivity contribution in [1.29, 1.82) is 0 Å². The molecule has 4 nitrogen and oxygen atoms in total. The van der Waals surface area contributed by atoms with Gasteiger partial charge >= 0.3 is 0 Å². The zero-order chi connectivity index (χ0) is 15.9. The second kappa shape index (κ2) is 5.74. The van der Waals surface area contributed by atoms with Gasteiger partial charge in [-0.3, -0.25) is 0 Å². The van der Waals surface area contributed by atoms with Gasteiger partial charge in [0.15, 0.2) is 0 Å². The third kappa shape index (κ3) is 2.59. The van der Waals surface area contributed by atoms with E-state index in [-0.39, 0.29) is 6.04 Å². The van der Waals surface area contributed by atoms with Gasteiger partial charge in [0.1, 0.15) is 0 Å². The number of allylic oxidation sites excluding steroid dienone is 1. The molecular formula is C18H20N2O2S. The molecule has 2 N–H and O–H groups in total. The van der Waals surface area contributed by atoms with E-state index in [1.54, 1.807) is 30.3 Å². The maximum absolute atomic E-state index is 12.8. The van der Waals surface area contributed by atoms with Crippen molar-refractivity contribution < 1.29 is 8.42 Å². The first-order chi connectivity index (χ1) is 11.2.